The molecule has 7 nitrogen and oxygen atoms in total. The number of aryl methyl sites for hydroxylation is 1. The van der Waals surface area contributed by atoms with Crippen LogP contribution in [-0.4, -0.2) is 52.8 Å². The van der Waals surface area contributed by atoms with Gasteiger partial charge >= 0.3 is 0 Å². The molecule has 2 aromatic heterocycles. The SMILES string of the molecule is Cc1nn(C2CCCCC2)c2sc(C(=O)N[C@H]3CC[C@H](N4CCCS4(=O)=O)CC3)cc12. The van der Waals surface area contributed by atoms with Crippen LogP contribution in [0, 0.1) is 6.92 Å². The third kappa shape index (κ3) is 4.16. The minimum absolute atomic E-state index is 0.00645. The topological polar surface area (TPSA) is 84.3 Å². The number of fused-ring (bicyclic) bond motifs is 1. The van der Waals surface area contributed by atoms with Crippen molar-refractivity contribution >= 4 is 37.5 Å². The first kappa shape index (κ1) is 21.4. The summed E-state index contributed by atoms with van der Waals surface area (Å²) >= 11 is 1.56. The van der Waals surface area contributed by atoms with Crippen LogP contribution in [-0.2, 0) is 10.0 Å². The monoisotopic (exact) mass is 464 g/mol. The lowest BCUT2D eigenvalue weighted by molar-refractivity contribution is 0.0923. The van der Waals surface area contributed by atoms with Gasteiger partial charge in [0, 0.05) is 24.0 Å². The highest BCUT2D eigenvalue weighted by Gasteiger charge is 2.36. The smallest absolute Gasteiger partial charge is 0.261 e. The summed E-state index contributed by atoms with van der Waals surface area (Å²) < 4.78 is 28.2. The molecule has 31 heavy (non-hydrogen) atoms. The van der Waals surface area contributed by atoms with Crippen LogP contribution in [0.5, 0.6) is 0 Å². The van der Waals surface area contributed by atoms with Crippen molar-refractivity contribution in [3.63, 3.8) is 0 Å². The number of hydrogen-bond donors (Lipinski definition) is 1. The van der Waals surface area contributed by atoms with E-state index >= 15 is 0 Å². The number of sulfonamides is 1. The van der Waals surface area contributed by atoms with Crippen LogP contribution in [0.1, 0.15) is 85.6 Å². The number of aromatic nitrogens is 2. The number of hydrogen-bond acceptors (Lipinski definition) is 5. The molecule has 1 saturated heterocycles. The fourth-order valence-electron chi connectivity index (χ4n) is 5.59. The molecule has 2 saturated carbocycles. The van der Waals surface area contributed by atoms with E-state index in [0.717, 1.165) is 52.9 Å². The largest absolute Gasteiger partial charge is 0.349 e. The van der Waals surface area contributed by atoms with Gasteiger partial charge in [-0.05, 0) is 57.9 Å². The Morgan fingerprint density at radius 2 is 1.81 bits per heavy atom. The van der Waals surface area contributed by atoms with Gasteiger partial charge in [0.1, 0.15) is 4.83 Å². The molecule has 1 amide bonds. The van der Waals surface area contributed by atoms with Gasteiger partial charge < -0.3 is 5.32 Å². The number of thiophene rings is 1. The Labute approximate surface area is 188 Å². The predicted octanol–water partition coefficient (Wildman–Crippen LogP) is 3.99. The van der Waals surface area contributed by atoms with Gasteiger partial charge in [0.2, 0.25) is 10.0 Å². The summed E-state index contributed by atoms with van der Waals surface area (Å²) in [5, 5.41) is 9.10. The normalized spacial score (nSPS) is 27.6. The van der Waals surface area contributed by atoms with Crippen molar-refractivity contribution in [3.8, 4) is 0 Å². The zero-order valence-corrected chi connectivity index (χ0v) is 19.8. The van der Waals surface area contributed by atoms with E-state index in [9.17, 15) is 13.2 Å². The van der Waals surface area contributed by atoms with Crippen molar-refractivity contribution in [1.29, 1.82) is 0 Å². The Morgan fingerprint density at radius 3 is 2.48 bits per heavy atom. The standard InChI is InChI=1S/C22H32N4O3S2/c1-15-19-14-20(30-22(19)26(24-15)18-6-3-2-4-7-18)21(27)23-16-8-10-17(11-9-16)25-12-5-13-31(25,28)29/h14,16-18H,2-13H2,1H3,(H,23,27)/t16-,17-. The number of nitrogens with one attached hydrogen (secondary N) is 1. The summed E-state index contributed by atoms with van der Waals surface area (Å²) in [5.41, 5.74) is 1.00. The highest BCUT2D eigenvalue weighted by Crippen LogP contribution is 2.36. The van der Waals surface area contributed by atoms with E-state index in [1.165, 1.54) is 32.1 Å². The predicted molar refractivity (Wildman–Crippen MR) is 123 cm³/mol. The number of rotatable bonds is 4. The van der Waals surface area contributed by atoms with Crippen molar-refractivity contribution in [1.82, 2.24) is 19.4 Å². The van der Waals surface area contributed by atoms with E-state index in [2.05, 4.69) is 10.00 Å². The number of carbonyl (C=O) groups excluding carboxylic acids is 1. The Hall–Kier alpha value is -1.45. The van der Waals surface area contributed by atoms with Gasteiger partial charge in [-0.1, -0.05) is 19.3 Å². The van der Waals surface area contributed by atoms with Crippen LogP contribution >= 0.6 is 11.3 Å². The third-order valence-electron chi connectivity index (χ3n) is 7.29. The molecule has 0 bridgehead atoms. The molecular formula is C22H32N4O3S2. The van der Waals surface area contributed by atoms with Crippen LogP contribution < -0.4 is 5.32 Å². The lowest BCUT2D eigenvalue weighted by atomic mass is 9.91. The Morgan fingerprint density at radius 1 is 1.06 bits per heavy atom. The van der Waals surface area contributed by atoms with Crippen LogP contribution in [0.15, 0.2) is 6.07 Å². The number of nitrogens with zero attached hydrogens (tertiary/aromatic N) is 3. The molecule has 2 aliphatic carbocycles. The minimum Gasteiger partial charge on any atom is -0.349 e. The molecule has 1 aliphatic heterocycles. The average Bonchev–Trinajstić information content (AvgIpc) is 3.44. The first-order valence-electron chi connectivity index (χ1n) is 11.7. The molecule has 3 heterocycles. The van der Waals surface area contributed by atoms with Gasteiger partial charge in [0.15, 0.2) is 0 Å². The summed E-state index contributed by atoms with van der Waals surface area (Å²) in [6.45, 7) is 2.69. The maximum absolute atomic E-state index is 13.0. The van der Waals surface area contributed by atoms with Crippen LogP contribution in [0.3, 0.4) is 0 Å². The third-order valence-corrected chi connectivity index (χ3v) is 10.4. The van der Waals surface area contributed by atoms with Crippen molar-refractivity contribution in [3.05, 3.63) is 16.6 Å². The fraction of sp³-hybridized carbons (Fsp3) is 0.727. The lowest BCUT2D eigenvalue weighted by Crippen LogP contribution is -2.44. The highest BCUT2D eigenvalue weighted by atomic mass is 32.2. The molecule has 170 valence electrons. The van der Waals surface area contributed by atoms with E-state index in [0.29, 0.717) is 12.6 Å². The minimum atomic E-state index is -3.06. The number of amides is 1. The van der Waals surface area contributed by atoms with Gasteiger partial charge in [-0.3, -0.25) is 9.48 Å². The second-order valence-corrected chi connectivity index (χ2v) is 12.5. The molecule has 0 aromatic carbocycles. The first-order valence-corrected chi connectivity index (χ1v) is 14.1. The molecule has 3 fully saturated rings. The molecule has 1 N–H and O–H groups in total. The van der Waals surface area contributed by atoms with Gasteiger partial charge in [0.25, 0.3) is 5.91 Å². The summed E-state index contributed by atoms with van der Waals surface area (Å²) in [4.78, 5) is 14.9. The van der Waals surface area contributed by atoms with Gasteiger partial charge in [0.05, 0.1) is 22.4 Å². The van der Waals surface area contributed by atoms with Crippen LogP contribution in [0.2, 0.25) is 0 Å². The quantitative estimate of drug-likeness (QED) is 0.742. The van der Waals surface area contributed by atoms with Gasteiger partial charge in [-0.25, -0.2) is 8.42 Å². The maximum Gasteiger partial charge on any atom is 0.261 e. The Bertz CT molecular complexity index is 1060. The Balaban J connectivity index is 1.24. The van der Waals surface area contributed by atoms with E-state index in [-0.39, 0.29) is 23.7 Å². The van der Waals surface area contributed by atoms with Crippen LogP contribution in [0.4, 0.5) is 0 Å². The zero-order valence-electron chi connectivity index (χ0n) is 18.2. The molecule has 0 atom stereocenters. The summed E-state index contributed by atoms with van der Waals surface area (Å²) in [6.07, 6.45) is 10.2. The van der Waals surface area contributed by atoms with E-state index < -0.39 is 10.0 Å². The molecule has 2 aromatic rings. The summed E-state index contributed by atoms with van der Waals surface area (Å²) in [5.74, 6) is 0.279. The van der Waals surface area contributed by atoms with Crippen LogP contribution in [0.25, 0.3) is 10.2 Å². The number of carbonyl (C=O) groups is 1. The fourth-order valence-corrected chi connectivity index (χ4v) is 8.53. The first-order chi connectivity index (χ1) is 14.9. The van der Waals surface area contributed by atoms with Gasteiger partial charge in [-0.15, -0.1) is 11.3 Å². The molecular weight excluding hydrogens is 432 g/mol. The lowest BCUT2D eigenvalue weighted by Gasteiger charge is -2.33. The molecule has 9 heteroatoms. The van der Waals surface area contributed by atoms with E-state index in [4.69, 9.17) is 5.10 Å². The molecule has 3 aliphatic rings. The van der Waals surface area contributed by atoms with Crippen molar-refractivity contribution in [2.45, 2.75) is 89.3 Å². The maximum atomic E-state index is 13.0. The van der Waals surface area contributed by atoms with E-state index in [1.807, 2.05) is 13.0 Å². The van der Waals surface area contributed by atoms with Crippen molar-refractivity contribution in [2.75, 3.05) is 12.3 Å². The van der Waals surface area contributed by atoms with Crippen molar-refractivity contribution < 1.29 is 13.2 Å². The molecule has 0 radical (unpaired) electrons. The summed E-state index contributed by atoms with van der Waals surface area (Å²) in [7, 11) is -3.06. The van der Waals surface area contributed by atoms with E-state index in [1.54, 1.807) is 15.6 Å². The molecule has 5 rings (SSSR count). The van der Waals surface area contributed by atoms with Gasteiger partial charge in [-0.2, -0.15) is 9.40 Å². The second kappa shape index (κ2) is 8.48. The van der Waals surface area contributed by atoms with Crippen molar-refractivity contribution in [2.24, 2.45) is 0 Å². The average molecular weight is 465 g/mol. The summed E-state index contributed by atoms with van der Waals surface area (Å²) in [6, 6.07) is 2.68. The second-order valence-electron chi connectivity index (χ2n) is 9.41. The zero-order chi connectivity index (χ0) is 21.6. The molecule has 0 spiro atoms. The molecule has 0 unspecified atom stereocenters. The highest BCUT2D eigenvalue weighted by molar-refractivity contribution is 7.89. The Kier molecular flexibility index (Phi) is 5.85.